The van der Waals surface area contributed by atoms with Crippen LogP contribution in [0.5, 0.6) is 0 Å². The molecule has 0 bridgehead atoms. The van der Waals surface area contributed by atoms with Gasteiger partial charge in [-0.25, -0.2) is 26.4 Å². The summed E-state index contributed by atoms with van der Waals surface area (Å²) in [6, 6.07) is 16.8. The van der Waals surface area contributed by atoms with Crippen molar-refractivity contribution >= 4 is 82.5 Å². The first-order valence-corrected chi connectivity index (χ1v) is 20.3. The van der Waals surface area contributed by atoms with Gasteiger partial charge in [0.05, 0.1) is 66.2 Å². The van der Waals surface area contributed by atoms with Gasteiger partial charge in [0.1, 0.15) is 0 Å². The van der Waals surface area contributed by atoms with Crippen molar-refractivity contribution in [1.29, 1.82) is 0 Å². The van der Waals surface area contributed by atoms with Crippen LogP contribution < -0.4 is 9.03 Å². The SMILES string of the molecule is CCS(=O)(=O)N(Cc1ccc(C(=O)OC)cn1)c1cc(C)cc(Cl)c1.CCS(=O)(=O)Nc1cc(C)cc(Cl)c1.COC(=O)c1ccc(CBr)nc1. The first-order valence-electron chi connectivity index (χ1n) is 15.1. The Balaban J connectivity index is 0.000000292. The molecule has 4 rings (SSSR count). The number of anilines is 2. The topological polar surface area (TPSA) is 162 Å². The van der Waals surface area contributed by atoms with Gasteiger partial charge in [0.2, 0.25) is 20.0 Å². The maximum atomic E-state index is 12.5. The quantitative estimate of drug-likeness (QED) is 0.119. The molecule has 276 valence electrons. The van der Waals surface area contributed by atoms with Crippen molar-refractivity contribution in [2.75, 3.05) is 34.8 Å². The van der Waals surface area contributed by atoms with E-state index in [-0.39, 0.29) is 24.0 Å². The molecule has 0 amide bonds. The zero-order chi connectivity index (χ0) is 38.4. The van der Waals surface area contributed by atoms with Crippen LogP contribution in [-0.4, -0.2) is 64.5 Å². The molecule has 4 aromatic rings. The number of benzene rings is 2. The fraction of sp³-hybridized carbons (Fsp3) is 0.294. The Morgan fingerprint density at radius 1 is 0.765 bits per heavy atom. The number of carbonyl (C=O) groups is 2. The Bertz CT molecular complexity index is 1960. The smallest absolute Gasteiger partial charge is 0.339 e. The van der Waals surface area contributed by atoms with Gasteiger partial charge >= 0.3 is 11.9 Å². The summed E-state index contributed by atoms with van der Waals surface area (Å²) >= 11 is 15.1. The Kier molecular flexibility index (Phi) is 17.3. The number of pyridine rings is 2. The molecule has 51 heavy (non-hydrogen) atoms. The third-order valence-corrected chi connectivity index (χ3v) is 10.7. The Morgan fingerprint density at radius 2 is 1.27 bits per heavy atom. The first-order chi connectivity index (χ1) is 24.0. The predicted octanol–water partition coefficient (Wildman–Crippen LogP) is 7.36. The zero-order valence-corrected chi connectivity index (χ0v) is 33.5. The molecule has 12 nitrogen and oxygen atoms in total. The van der Waals surface area contributed by atoms with Crippen molar-refractivity contribution in [3.05, 3.63) is 117 Å². The van der Waals surface area contributed by atoms with E-state index < -0.39 is 26.0 Å². The average Bonchev–Trinajstić information content (AvgIpc) is 3.09. The highest BCUT2D eigenvalue weighted by atomic mass is 79.9. The lowest BCUT2D eigenvalue weighted by atomic mass is 10.2. The number of esters is 2. The zero-order valence-electron chi connectivity index (χ0n) is 28.8. The van der Waals surface area contributed by atoms with Crippen LogP contribution in [0.3, 0.4) is 0 Å². The third kappa shape index (κ3) is 14.4. The van der Waals surface area contributed by atoms with Crippen LogP contribution in [0.1, 0.15) is 57.1 Å². The highest BCUT2D eigenvalue weighted by Crippen LogP contribution is 2.26. The van der Waals surface area contributed by atoms with Gasteiger partial charge in [0.15, 0.2) is 0 Å². The number of aromatic nitrogens is 2. The minimum Gasteiger partial charge on any atom is -0.465 e. The maximum Gasteiger partial charge on any atom is 0.339 e. The molecule has 0 saturated carbocycles. The highest BCUT2D eigenvalue weighted by Gasteiger charge is 2.22. The van der Waals surface area contributed by atoms with Gasteiger partial charge in [-0.1, -0.05) is 39.1 Å². The summed E-state index contributed by atoms with van der Waals surface area (Å²) < 4.78 is 60.4. The van der Waals surface area contributed by atoms with Crippen molar-refractivity contribution in [3.63, 3.8) is 0 Å². The predicted molar refractivity (Wildman–Crippen MR) is 205 cm³/mol. The van der Waals surface area contributed by atoms with E-state index in [0.717, 1.165) is 16.8 Å². The molecule has 17 heteroatoms. The number of methoxy groups -OCH3 is 2. The second-order valence-corrected chi connectivity index (χ2v) is 16.2. The Labute approximate surface area is 317 Å². The second kappa shape index (κ2) is 20.3. The number of carbonyl (C=O) groups excluding carboxylic acids is 2. The fourth-order valence-corrected chi connectivity index (χ4v) is 6.65. The number of hydrogen-bond donors (Lipinski definition) is 1. The molecule has 0 aliphatic heterocycles. The van der Waals surface area contributed by atoms with E-state index >= 15 is 0 Å². The lowest BCUT2D eigenvalue weighted by Crippen LogP contribution is -2.32. The third-order valence-electron chi connectivity index (χ3n) is 6.65. The Hall–Kier alpha value is -3.76. The number of sulfonamides is 2. The standard InChI is InChI=1S/C17H19ClN2O4S.C9H12ClNO2S.C8H8BrNO2/c1-4-25(22,23)20(16-8-12(2)7-14(18)9-16)11-15-6-5-13(10-19-15)17(21)24-3;1-3-14(12,13)11-9-5-7(2)4-8(10)6-9;1-12-8(11)6-2-3-7(4-9)10-5-6/h5-10H,4,11H2,1-3H3;4-6,11H,3H2,1-2H3;2-3,5H,4H2,1H3. The minimum absolute atomic E-state index is 0.0391. The largest absolute Gasteiger partial charge is 0.465 e. The average molecular weight is 847 g/mol. The van der Waals surface area contributed by atoms with Gasteiger partial charge in [-0.05, 0) is 99.5 Å². The number of ether oxygens (including phenoxy) is 2. The fourth-order valence-electron chi connectivity index (χ4n) is 4.06. The van der Waals surface area contributed by atoms with Crippen LogP contribution in [0.4, 0.5) is 11.4 Å². The van der Waals surface area contributed by atoms with Crippen molar-refractivity contribution < 1.29 is 35.9 Å². The van der Waals surface area contributed by atoms with Crippen LogP contribution >= 0.6 is 39.1 Å². The van der Waals surface area contributed by atoms with Gasteiger partial charge in [-0.15, -0.1) is 0 Å². The highest BCUT2D eigenvalue weighted by molar-refractivity contribution is 9.08. The molecule has 2 heterocycles. The summed E-state index contributed by atoms with van der Waals surface area (Å²) in [5.41, 5.74) is 4.93. The molecule has 0 aliphatic rings. The van der Waals surface area contributed by atoms with Crippen molar-refractivity contribution in [2.24, 2.45) is 0 Å². The number of halogens is 3. The summed E-state index contributed by atoms with van der Waals surface area (Å²) in [6.45, 7) is 6.90. The summed E-state index contributed by atoms with van der Waals surface area (Å²) in [5, 5.41) is 1.67. The van der Waals surface area contributed by atoms with Crippen LogP contribution in [-0.2, 0) is 41.4 Å². The molecule has 0 atom stereocenters. The minimum atomic E-state index is -3.53. The van der Waals surface area contributed by atoms with Crippen LogP contribution in [0.25, 0.3) is 0 Å². The van der Waals surface area contributed by atoms with Crippen molar-refractivity contribution in [2.45, 2.75) is 39.6 Å². The summed E-state index contributed by atoms with van der Waals surface area (Å²) in [5.74, 6) is -0.858. The van der Waals surface area contributed by atoms with E-state index in [2.05, 4.69) is 40.1 Å². The van der Waals surface area contributed by atoms with E-state index in [1.54, 1.807) is 74.5 Å². The summed E-state index contributed by atoms with van der Waals surface area (Å²) in [6.07, 6.45) is 2.86. The van der Waals surface area contributed by atoms with Gasteiger partial charge in [-0.2, -0.15) is 0 Å². The molecule has 0 radical (unpaired) electrons. The molecule has 2 aromatic carbocycles. The number of nitrogens with one attached hydrogen (secondary N) is 1. The molecule has 0 aliphatic carbocycles. The number of hydrogen-bond acceptors (Lipinski definition) is 10. The molecule has 0 fully saturated rings. The van der Waals surface area contributed by atoms with E-state index in [1.165, 1.54) is 30.9 Å². The van der Waals surface area contributed by atoms with E-state index in [4.69, 9.17) is 23.2 Å². The van der Waals surface area contributed by atoms with Gasteiger partial charge in [-0.3, -0.25) is 19.0 Å². The van der Waals surface area contributed by atoms with Gasteiger partial charge in [0.25, 0.3) is 0 Å². The van der Waals surface area contributed by atoms with Crippen molar-refractivity contribution in [1.82, 2.24) is 9.97 Å². The molecule has 1 N–H and O–H groups in total. The maximum absolute atomic E-state index is 12.5. The molecular formula is C34H39BrCl2N4O8S2. The molecule has 0 unspecified atom stereocenters. The normalized spacial score (nSPS) is 10.8. The Morgan fingerprint density at radius 3 is 1.69 bits per heavy atom. The molecule has 2 aromatic heterocycles. The van der Waals surface area contributed by atoms with Gasteiger partial charge in [0, 0.05) is 27.8 Å². The molecule has 0 saturated heterocycles. The lowest BCUT2D eigenvalue weighted by Gasteiger charge is -2.24. The number of nitrogens with zero attached hydrogens (tertiary/aromatic N) is 3. The number of rotatable bonds is 11. The number of alkyl halides is 1. The first kappa shape index (κ1) is 43.4. The van der Waals surface area contributed by atoms with E-state index in [1.807, 2.05) is 13.8 Å². The van der Waals surface area contributed by atoms with Gasteiger partial charge < -0.3 is 9.47 Å². The van der Waals surface area contributed by atoms with Crippen molar-refractivity contribution in [3.8, 4) is 0 Å². The lowest BCUT2D eigenvalue weighted by molar-refractivity contribution is 0.0591. The van der Waals surface area contributed by atoms with E-state index in [0.29, 0.717) is 43.6 Å². The van der Waals surface area contributed by atoms with Crippen LogP contribution in [0.2, 0.25) is 10.0 Å². The summed E-state index contributed by atoms with van der Waals surface area (Å²) in [4.78, 5) is 30.6. The van der Waals surface area contributed by atoms with Crippen LogP contribution in [0.15, 0.2) is 73.1 Å². The summed E-state index contributed by atoms with van der Waals surface area (Å²) in [7, 11) is -4.11. The second-order valence-electron chi connectivity index (χ2n) is 10.6. The number of aryl methyl sites for hydroxylation is 2. The van der Waals surface area contributed by atoms with E-state index in [9.17, 15) is 26.4 Å². The molecular weight excluding hydrogens is 807 g/mol. The monoisotopic (exact) mass is 844 g/mol. The van der Waals surface area contributed by atoms with Crippen LogP contribution in [0, 0.1) is 13.8 Å². The molecule has 0 spiro atoms.